The maximum absolute atomic E-state index is 12.9. The predicted molar refractivity (Wildman–Crippen MR) is 89.6 cm³/mol. The van der Waals surface area contributed by atoms with Gasteiger partial charge in [0.1, 0.15) is 10.5 Å². The molecule has 3 rings (SSSR count). The Labute approximate surface area is 136 Å². The van der Waals surface area contributed by atoms with Gasteiger partial charge in [-0.25, -0.2) is 13.4 Å². The van der Waals surface area contributed by atoms with Gasteiger partial charge in [0, 0.05) is 56.0 Å². The molecule has 23 heavy (non-hydrogen) atoms. The molecule has 1 fully saturated rings. The van der Waals surface area contributed by atoms with Crippen molar-refractivity contribution in [2.45, 2.75) is 24.3 Å². The van der Waals surface area contributed by atoms with Crippen LogP contribution in [0.2, 0.25) is 0 Å². The van der Waals surface area contributed by atoms with Crippen LogP contribution in [0, 0.1) is 0 Å². The van der Waals surface area contributed by atoms with Crippen LogP contribution in [-0.4, -0.2) is 65.9 Å². The minimum Gasteiger partial charge on any atom is -0.345 e. The molecule has 0 aliphatic carbocycles. The van der Waals surface area contributed by atoms with Gasteiger partial charge in [0.05, 0.1) is 0 Å². The van der Waals surface area contributed by atoms with E-state index in [-0.39, 0.29) is 5.54 Å². The molecule has 3 heterocycles. The van der Waals surface area contributed by atoms with Crippen LogP contribution in [-0.2, 0) is 10.0 Å². The summed E-state index contributed by atoms with van der Waals surface area (Å²) in [7, 11) is -3.51. The molecule has 8 heteroatoms. The summed E-state index contributed by atoms with van der Waals surface area (Å²) >= 11 is 0. The molecule has 2 aromatic heterocycles. The molecule has 126 valence electrons. The molecule has 0 aromatic carbocycles. The van der Waals surface area contributed by atoms with Gasteiger partial charge in [-0.05, 0) is 26.0 Å². The molecule has 0 amide bonds. The molecule has 2 aromatic rings. The summed E-state index contributed by atoms with van der Waals surface area (Å²) in [6.07, 6.45) is 3.17. The Morgan fingerprint density at radius 3 is 2.65 bits per heavy atom. The first-order valence-electron chi connectivity index (χ1n) is 7.71. The van der Waals surface area contributed by atoms with E-state index in [0.717, 1.165) is 6.54 Å². The summed E-state index contributed by atoms with van der Waals surface area (Å²) in [6, 6.07) is 3.52. The monoisotopic (exact) mass is 337 g/mol. The summed E-state index contributed by atoms with van der Waals surface area (Å²) in [5, 5.41) is 0.637. The first-order valence-corrected chi connectivity index (χ1v) is 9.15. The number of aromatic nitrogens is 2. The second kappa shape index (κ2) is 5.86. The Hall–Kier alpha value is -1.48. The molecular weight excluding hydrogens is 314 g/mol. The number of hydrogen-bond acceptors (Lipinski definition) is 5. The van der Waals surface area contributed by atoms with Gasteiger partial charge in [-0.15, -0.1) is 0 Å². The Morgan fingerprint density at radius 1 is 1.30 bits per heavy atom. The highest BCUT2D eigenvalue weighted by molar-refractivity contribution is 7.89. The standard InChI is InChI=1S/C15H23N5O2S/c1-15(2,16)11-19-6-8-20(9-7-19)23(21,22)13-10-18-14-12(13)4-3-5-17-14/h3-5,10H,6-9,11,16H2,1-2H3,(H,17,18). The van der Waals surface area contributed by atoms with Crippen LogP contribution in [0.25, 0.3) is 11.0 Å². The fourth-order valence-corrected chi connectivity index (χ4v) is 4.56. The SMILES string of the molecule is CC(C)(N)CN1CCN(S(=O)(=O)c2c[nH]c3ncccc23)CC1. The number of aromatic amines is 1. The van der Waals surface area contributed by atoms with Crippen LogP contribution in [0.1, 0.15) is 13.8 Å². The van der Waals surface area contributed by atoms with Crippen LogP contribution >= 0.6 is 0 Å². The minimum atomic E-state index is -3.51. The Morgan fingerprint density at radius 2 is 2.00 bits per heavy atom. The lowest BCUT2D eigenvalue weighted by molar-refractivity contribution is 0.162. The minimum absolute atomic E-state index is 0.274. The van der Waals surface area contributed by atoms with E-state index in [2.05, 4.69) is 14.9 Å². The van der Waals surface area contributed by atoms with E-state index >= 15 is 0 Å². The Balaban J connectivity index is 1.77. The molecule has 1 aliphatic rings. The second-order valence-electron chi connectivity index (χ2n) is 6.72. The number of fused-ring (bicyclic) bond motifs is 1. The van der Waals surface area contributed by atoms with Gasteiger partial charge in [0.25, 0.3) is 0 Å². The highest BCUT2D eigenvalue weighted by Crippen LogP contribution is 2.25. The molecule has 1 saturated heterocycles. The highest BCUT2D eigenvalue weighted by Gasteiger charge is 2.31. The molecule has 0 atom stereocenters. The number of piperazine rings is 1. The zero-order valence-electron chi connectivity index (χ0n) is 13.5. The quantitative estimate of drug-likeness (QED) is 0.852. The molecule has 0 bridgehead atoms. The third-order valence-corrected chi connectivity index (χ3v) is 5.93. The average molecular weight is 337 g/mol. The molecule has 0 spiro atoms. The topological polar surface area (TPSA) is 95.3 Å². The first kappa shape index (κ1) is 16.4. The molecule has 3 N–H and O–H groups in total. The number of sulfonamides is 1. The fraction of sp³-hybridized carbons (Fsp3) is 0.533. The third kappa shape index (κ3) is 3.40. The number of pyridine rings is 1. The van der Waals surface area contributed by atoms with Crippen molar-refractivity contribution in [3.05, 3.63) is 24.5 Å². The van der Waals surface area contributed by atoms with Crippen molar-refractivity contribution >= 4 is 21.1 Å². The van der Waals surface area contributed by atoms with E-state index in [0.29, 0.717) is 42.1 Å². The summed E-state index contributed by atoms with van der Waals surface area (Å²) in [4.78, 5) is 9.59. The smallest absolute Gasteiger partial charge is 0.245 e. The van der Waals surface area contributed by atoms with Gasteiger partial charge in [-0.3, -0.25) is 4.90 Å². The van der Waals surface area contributed by atoms with Crippen LogP contribution in [0.4, 0.5) is 0 Å². The van der Waals surface area contributed by atoms with Crippen molar-refractivity contribution in [2.24, 2.45) is 5.73 Å². The van der Waals surface area contributed by atoms with Gasteiger partial charge in [0.15, 0.2) is 0 Å². The van der Waals surface area contributed by atoms with Crippen LogP contribution in [0.5, 0.6) is 0 Å². The Bertz CT molecular complexity index is 786. The zero-order chi connectivity index (χ0) is 16.7. The van der Waals surface area contributed by atoms with Crippen LogP contribution < -0.4 is 5.73 Å². The summed E-state index contributed by atoms with van der Waals surface area (Å²) in [6.45, 7) is 7.07. The molecular formula is C15H23N5O2S. The van der Waals surface area contributed by atoms with Crippen molar-refractivity contribution in [1.29, 1.82) is 0 Å². The largest absolute Gasteiger partial charge is 0.345 e. The van der Waals surface area contributed by atoms with E-state index in [9.17, 15) is 8.42 Å². The molecule has 7 nitrogen and oxygen atoms in total. The van der Waals surface area contributed by atoms with E-state index in [1.807, 2.05) is 13.8 Å². The maximum atomic E-state index is 12.9. The summed E-state index contributed by atoms with van der Waals surface area (Å²) in [5.74, 6) is 0. The number of nitrogens with zero attached hydrogens (tertiary/aromatic N) is 3. The molecule has 0 saturated carbocycles. The van der Waals surface area contributed by atoms with Gasteiger partial charge < -0.3 is 10.7 Å². The molecule has 0 radical (unpaired) electrons. The lowest BCUT2D eigenvalue weighted by Crippen LogP contribution is -2.53. The highest BCUT2D eigenvalue weighted by atomic mass is 32.2. The van der Waals surface area contributed by atoms with Crippen molar-refractivity contribution < 1.29 is 8.42 Å². The van der Waals surface area contributed by atoms with Gasteiger partial charge in [-0.2, -0.15) is 4.31 Å². The van der Waals surface area contributed by atoms with Crippen molar-refractivity contribution in [2.75, 3.05) is 32.7 Å². The lowest BCUT2D eigenvalue weighted by atomic mass is 10.1. The number of hydrogen-bond donors (Lipinski definition) is 2. The normalized spacial score (nSPS) is 18.6. The van der Waals surface area contributed by atoms with E-state index in [1.54, 1.807) is 22.6 Å². The van der Waals surface area contributed by atoms with E-state index in [1.165, 1.54) is 6.20 Å². The number of rotatable bonds is 4. The Kier molecular flexibility index (Phi) is 4.18. The van der Waals surface area contributed by atoms with Gasteiger partial charge >= 0.3 is 0 Å². The predicted octanol–water partition coefficient (Wildman–Crippen LogP) is 0.607. The average Bonchev–Trinajstić information content (AvgIpc) is 2.90. The van der Waals surface area contributed by atoms with Gasteiger partial charge in [0.2, 0.25) is 10.0 Å². The molecule has 0 unspecified atom stereocenters. The van der Waals surface area contributed by atoms with Crippen molar-refractivity contribution in [1.82, 2.24) is 19.2 Å². The lowest BCUT2D eigenvalue weighted by Gasteiger charge is -2.37. The number of nitrogens with one attached hydrogen (secondary N) is 1. The van der Waals surface area contributed by atoms with Gasteiger partial charge in [-0.1, -0.05) is 0 Å². The molecule has 1 aliphatic heterocycles. The van der Waals surface area contributed by atoms with Crippen LogP contribution in [0.15, 0.2) is 29.4 Å². The summed E-state index contributed by atoms with van der Waals surface area (Å²) in [5.41, 5.74) is 6.36. The zero-order valence-corrected chi connectivity index (χ0v) is 14.3. The first-order chi connectivity index (χ1) is 10.8. The third-order valence-electron chi connectivity index (χ3n) is 3.99. The fourth-order valence-electron chi connectivity index (χ4n) is 2.99. The van der Waals surface area contributed by atoms with Crippen molar-refractivity contribution in [3.63, 3.8) is 0 Å². The maximum Gasteiger partial charge on any atom is 0.245 e. The van der Waals surface area contributed by atoms with E-state index in [4.69, 9.17) is 5.73 Å². The number of nitrogens with two attached hydrogens (primary N) is 1. The number of H-pyrrole nitrogens is 1. The second-order valence-corrected chi connectivity index (χ2v) is 8.63. The van der Waals surface area contributed by atoms with Crippen molar-refractivity contribution in [3.8, 4) is 0 Å². The van der Waals surface area contributed by atoms with E-state index < -0.39 is 10.0 Å². The summed E-state index contributed by atoms with van der Waals surface area (Å²) < 4.78 is 27.3. The van der Waals surface area contributed by atoms with Crippen LogP contribution in [0.3, 0.4) is 0 Å².